The van der Waals surface area contributed by atoms with Gasteiger partial charge >= 0.3 is 0 Å². The molecule has 146 valence electrons. The second-order valence-corrected chi connectivity index (χ2v) is 6.38. The van der Waals surface area contributed by atoms with Crippen molar-refractivity contribution in [1.82, 2.24) is 15.8 Å². The lowest BCUT2D eigenvalue weighted by molar-refractivity contribution is 0.0420. The van der Waals surface area contributed by atoms with Crippen LogP contribution >= 0.6 is 0 Å². The molecule has 0 aliphatic carbocycles. The Morgan fingerprint density at radius 1 is 1.30 bits per heavy atom. The van der Waals surface area contributed by atoms with E-state index < -0.39 is 0 Å². The van der Waals surface area contributed by atoms with Crippen molar-refractivity contribution in [3.8, 4) is 11.3 Å². The monoisotopic (exact) mass is 372 g/mol. The molecule has 1 fully saturated rings. The van der Waals surface area contributed by atoms with Gasteiger partial charge in [0.1, 0.15) is 5.69 Å². The Morgan fingerprint density at radius 2 is 2.19 bits per heavy atom. The van der Waals surface area contributed by atoms with Crippen LogP contribution in [-0.2, 0) is 16.0 Å². The van der Waals surface area contributed by atoms with E-state index in [1.165, 1.54) is 0 Å². The highest BCUT2D eigenvalue weighted by atomic mass is 16.5. The van der Waals surface area contributed by atoms with Gasteiger partial charge in [-0.15, -0.1) is 0 Å². The molecule has 27 heavy (non-hydrogen) atoms. The maximum absolute atomic E-state index is 5.77. The quantitative estimate of drug-likeness (QED) is 0.400. The van der Waals surface area contributed by atoms with Gasteiger partial charge in [0.25, 0.3) is 0 Å². The maximum Gasteiger partial charge on any atom is 0.191 e. The van der Waals surface area contributed by atoms with Gasteiger partial charge in [0.2, 0.25) is 0 Å². The Bertz CT molecular complexity index is 696. The summed E-state index contributed by atoms with van der Waals surface area (Å²) in [5.41, 5.74) is 1.81. The molecule has 0 saturated carbocycles. The summed E-state index contributed by atoms with van der Waals surface area (Å²) in [6, 6.07) is 11.9. The molecule has 1 aromatic heterocycles. The van der Waals surface area contributed by atoms with Crippen LogP contribution in [0.1, 0.15) is 25.5 Å². The topological polar surface area (TPSA) is 80.9 Å². The van der Waals surface area contributed by atoms with Gasteiger partial charge in [0, 0.05) is 37.9 Å². The molecule has 0 radical (unpaired) electrons. The van der Waals surface area contributed by atoms with Crippen LogP contribution < -0.4 is 10.6 Å². The van der Waals surface area contributed by atoms with Crippen LogP contribution in [0, 0.1) is 0 Å². The number of ether oxygens (including phenoxy) is 2. The van der Waals surface area contributed by atoms with Crippen molar-refractivity contribution in [2.24, 2.45) is 4.99 Å². The first kappa shape index (κ1) is 19.4. The van der Waals surface area contributed by atoms with Crippen LogP contribution in [0.2, 0.25) is 0 Å². The third-order valence-electron chi connectivity index (χ3n) is 4.22. The standard InChI is InChI=1S/C20H28N4O3/c1-2-21-20(22-10-6-11-26-18-9-12-25-15-18)23-14-17-13-19(27-24-17)16-7-4-3-5-8-16/h3-5,7-8,13,18H,2,6,9-12,14-15H2,1H3,(H2,21,22,23). The smallest absolute Gasteiger partial charge is 0.191 e. The van der Waals surface area contributed by atoms with Gasteiger partial charge in [-0.25, -0.2) is 4.99 Å². The first-order chi connectivity index (χ1) is 13.3. The van der Waals surface area contributed by atoms with E-state index in [1.54, 1.807) is 0 Å². The molecule has 0 spiro atoms. The molecule has 2 heterocycles. The van der Waals surface area contributed by atoms with Crippen LogP contribution in [0.3, 0.4) is 0 Å². The SMILES string of the molecule is CCNC(=NCc1cc(-c2ccccc2)on1)NCCCOC1CCOC1. The Balaban J connectivity index is 1.43. The Morgan fingerprint density at radius 3 is 2.96 bits per heavy atom. The Labute approximate surface area is 160 Å². The summed E-state index contributed by atoms with van der Waals surface area (Å²) < 4.78 is 16.5. The van der Waals surface area contributed by atoms with Gasteiger partial charge in [0.05, 0.1) is 19.3 Å². The molecule has 0 bridgehead atoms. The van der Waals surface area contributed by atoms with Crippen molar-refractivity contribution in [2.75, 3.05) is 32.9 Å². The fourth-order valence-electron chi connectivity index (χ4n) is 2.80. The summed E-state index contributed by atoms with van der Waals surface area (Å²) in [6.45, 7) is 6.37. The summed E-state index contributed by atoms with van der Waals surface area (Å²) in [4.78, 5) is 4.58. The fraction of sp³-hybridized carbons (Fsp3) is 0.500. The van der Waals surface area contributed by atoms with E-state index in [0.717, 1.165) is 68.7 Å². The van der Waals surface area contributed by atoms with E-state index >= 15 is 0 Å². The van der Waals surface area contributed by atoms with Gasteiger partial charge in [-0.2, -0.15) is 0 Å². The van der Waals surface area contributed by atoms with E-state index in [1.807, 2.05) is 43.3 Å². The lowest BCUT2D eigenvalue weighted by atomic mass is 10.2. The summed E-state index contributed by atoms with van der Waals surface area (Å²) in [6.07, 6.45) is 2.18. The minimum absolute atomic E-state index is 0.262. The number of aliphatic imine (C=N–C) groups is 1. The van der Waals surface area contributed by atoms with Crippen molar-refractivity contribution < 1.29 is 14.0 Å². The Kier molecular flexibility index (Phi) is 7.68. The lowest BCUT2D eigenvalue weighted by Crippen LogP contribution is -2.38. The summed E-state index contributed by atoms with van der Waals surface area (Å²) in [5, 5.41) is 10.7. The molecule has 1 aliphatic rings. The fourth-order valence-corrected chi connectivity index (χ4v) is 2.80. The van der Waals surface area contributed by atoms with E-state index in [9.17, 15) is 0 Å². The van der Waals surface area contributed by atoms with Gasteiger partial charge in [-0.1, -0.05) is 35.5 Å². The zero-order chi connectivity index (χ0) is 18.7. The number of hydrogen-bond donors (Lipinski definition) is 2. The highest BCUT2D eigenvalue weighted by Gasteiger charge is 2.15. The van der Waals surface area contributed by atoms with Gasteiger partial charge in [-0.05, 0) is 19.8 Å². The second kappa shape index (κ2) is 10.7. The van der Waals surface area contributed by atoms with Gasteiger partial charge < -0.3 is 24.6 Å². The number of nitrogens with zero attached hydrogens (tertiary/aromatic N) is 2. The maximum atomic E-state index is 5.77. The van der Waals surface area contributed by atoms with Gasteiger partial charge in [0.15, 0.2) is 11.7 Å². The van der Waals surface area contributed by atoms with Crippen molar-refractivity contribution >= 4 is 5.96 Å². The molecule has 0 amide bonds. The van der Waals surface area contributed by atoms with Crippen LogP contribution in [-0.4, -0.2) is 50.1 Å². The summed E-state index contributed by atoms with van der Waals surface area (Å²) in [5.74, 6) is 1.53. The van der Waals surface area contributed by atoms with Crippen molar-refractivity contribution in [2.45, 2.75) is 32.4 Å². The lowest BCUT2D eigenvalue weighted by Gasteiger charge is -2.12. The number of aromatic nitrogens is 1. The zero-order valence-corrected chi connectivity index (χ0v) is 15.8. The Hall–Kier alpha value is -2.38. The molecular weight excluding hydrogens is 344 g/mol. The van der Waals surface area contributed by atoms with E-state index in [0.29, 0.717) is 6.54 Å². The largest absolute Gasteiger partial charge is 0.379 e. The zero-order valence-electron chi connectivity index (χ0n) is 15.8. The van der Waals surface area contributed by atoms with E-state index in [4.69, 9.17) is 14.0 Å². The highest BCUT2D eigenvalue weighted by Crippen LogP contribution is 2.19. The summed E-state index contributed by atoms with van der Waals surface area (Å²) >= 11 is 0. The molecule has 2 N–H and O–H groups in total. The predicted molar refractivity (Wildman–Crippen MR) is 105 cm³/mol. The molecular formula is C20H28N4O3. The molecule has 1 aromatic carbocycles. The molecule has 1 saturated heterocycles. The number of benzene rings is 1. The first-order valence-corrected chi connectivity index (χ1v) is 9.57. The minimum Gasteiger partial charge on any atom is -0.379 e. The molecule has 1 aliphatic heterocycles. The van der Waals surface area contributed by atoms with Crippen molar-refractivity contribution in [3.05, 3.63) is 42.1 Å². The molecule has 1 unspecified atom stereocenters. The number of hydrogen-bond acceptors (Lipinski definition) is 5. The minimum atomic E-state index is 0.262. The third kappa shape index (κ3) is 6.37. The third-order valence-corrected chi connectivity index (χ3v) is 4.22. The number of rotatable bonds is 9. The first-order valence-electron chi connectivity index (χ1n) is 9.57. The normalized spacial score (nSPS) is 17.2. The molecule has 2 aromatic rings. The van der Waals surface area contributed by atoms with Gasteiger partial charge in [-0.3, -0.25) is 0 Å². The molecule has 1 atom stereocenters. The average molecular weight is 372 g/mol. The van der Waals surface area contributed by atoms with Crippen molar-refractivity contribution in [3.63, 3.8) is 0 Å². The molecule has 3 rings (SSSR count). The number of guanidine groups is 1. The van der Waals surface area contributed by atoms with Crippen LogP contribution in [0.15, 0.2) is 45.9 Å². The highest BCUT2D eigenvalue weighted by molar-refractivity contribution is 5.79. The van der Waals surface area contributed by atoms with E-state index in [-0.39, 0.29) is 6.10 Å². The number of nitrogens with one attached hydrogen (secondary N) is 2. The van der Waals surface area contributed by atoms with Crippen LogP contribution in [0.25, 0.3) is 11.3 Å². The predicted octanol–water partition coefficient (Wildman–Crippen LogP) is 2.59. The average Bonchev–Trinajstić information content (AvgIpc) is 3.38. The van der Waals surface area contributed by atoms with Crippen LogP contribution in [0.5, 0.6) is 0 Å². The van der Waals surface area contributed by atoms with Crippen molar-refractivity contribution in [1.29, 1.82) is 0 Å². The summed E-state index contributed by atoms with van der Waals surface area (Å²) in [7, 11) is 0. The van der Waals surface area contributed by atoms with Crippen LogP contribution in [0.4, 0.5) is 0 Å². The molecule has 7 nitrogen and oxygen atoms in total. The van der Waals surface area contributed by atoms with E-state index in [2.05, 4.69) is 20.8 Å². The second-order valence-electron chi connectivity index (χ2n) is 6.38. The molecule has 7 heteroatoms.